The molecule has 2 N–H and O–H groups in total. The predicted octanol–water partition coefficient (Wildman–Crippen LogP) is 7.18. The minimum atomic E-state index is -4.42. The van der Waals surface area contributed by atoms with Crippen LogP contribution in [0.1, 0.15) is 117 Å². The molecule has 1 aromatic carbocycles. The maximum Gasteiger partial charge on any atom is 0.416 e. The summed E-state index contributed by atoms with van der Waals surface area (Å²) in [6.07, 6.45) is -0.608. The van der Waals surface area contributed by atoms with E-state index in [1.807, 2.05) is 20.8 Å². The lowest BCUT2D eigenvalue weighted by Gasteiger charge is -2.37. The van der Waals surface area contributed by atoms with Crippen molar-refractivity contribution >= 4 is 0 Å². The molecule has 0 saturated heterocycles. The lowest BCUT2D eigenvalue weighted by molar-refractivity contribution is -0.137. The molecule has 1 aromatic heterocycles. The highest BCUT2D eigenvalue weighted by Gasteiger charge is 2.37. The molecule has 2 unspecified atom stereocenters. The summed E-state index contributed by atoms with van der Waals surface area (Å²) in [5, 5.41) is 22.2. The minimum absolute atomic E-state index is 0.0631. The van der Waals surface area contributed by atoms with E-state index in [9.17, 15) is 23.4 Å². The van der Waals surface area contributed by atoms with E-state index in [2.05, 4.69) is 13.8 Å². The van der Waals surface area contributed by atoms with Crippen molar-refractivity contribution in [2.24, 2.45) is 5.41 Å². The van der Waals surface area contributed by atoms with Gasteiger partial charge in [-0.25, -0.2) is 0 Å². The van der Waals surface area contributed by atoms with Crippen LogP contribution >= 0.6 is 0 Å². The number of hydrogen-bond acceptors (Lipinski definition) is 3. The largest absolute Gasteiger partial charge is 0.416 e. The lowest BCUT2D eigenvalue weighted by atomic mass is 9.72. The summed E-state index contributed by atoms with van der Waals surface area (Å²) in [6, 6.07) is 4.69. The number of pyridine rings is 1. The van der Waals surface area contributed by atoms with Crippen LogP contribution in [0.4, 0.5) is 13.2 Å². The Kier molecular flexibility index (Phi) is 7.59. The molecule has 1 heterocycles. The van der Waals surface area contributed by atoms with Crippen molar-refractivity contribution < 1.29 is 23.4 Å². The molecular weight excluding hydrogens is 427 g/mol. The van der Waals surface area contributed by atoms with Crippen LogP contribution in [0.2, 0.25) is 0 Å². The first kappa shape index (κ1) is 25.7. The third kappa shape index (κ3) is 5.27. The Bertz CT molecular complexity index is 961. The second kappa shape index (κ2) is 9.75. The number of aliphatic hydroxyl groups is 2. The first-order valence-electron chi connectivity index (χ1n) is 12.0. The first-order chi connectivity index (χ1) is 15.5. The normalized spacial score (nSPS) is 21.2. The Labute approximate surface area is 195 Å². The van der Waals surface area contributed by atoms with Gasteiger partial charge in [-0.05, 0) is 61.3 Å². The van der Waals surface area contributed by atoms with Crippen molar-refractivity contribution in [2.75, 3.05) is 0 Å². The Morgan fingerprint density at radius 1 is 1.06 bits per heavy atom. The highest BCUT2D eigenvalue weighted by atomic mass is 19.4. The van der Waals surface area contributed by atoms with Gasteiger partial charge < -0.3 is 10.2 Å². The maximum atomic E-state index is 13.0. The van der Waals surface area contributed by atoms with Gasteiger partial charge in [0.25, 0.3) is 0 Å². The van der Waals surface area contributed by atoms with Crippen molar-refractivity contribution in [3.05, 3.63) is 63.5 Å². The van der Waals surface area contributed by atoms with E-state index < -0.39 is 23.9 Å². The molecule has 1 saturated carbocycles. The fourth-order valence-corrected chi connectivity index (χ4v) is 5.42. The Morgan fingerprint density at radius 2 is 1.64 bits per heavy atom. The molecule has 4 rings (SSSR count). The minimum Gasteiger partial charge on any atom is -0.388 e. The molecule has 2 atom stereocenters. The second-order valence-corrected chi connectivity index (χ2v) is 9.96. The van der Waals surface area contributed by atoms with Crippen molar-refractivity contribution in [1.29, 1.82) is 0 Å². The van der Waals surface area contributed by atoms with E-state index in [-0.39, 0.29) is 11.3 Å². The molecule has 0 radical (unpaired) electrons. The number of alkyl halides is 3. The molecule has 6 heteroatoms. The van der Waals surface area contributed by atoms with Crippen LogP contribution in [0.25, 0.3) is 0 Å². The third-order valence-electron chi connectivity index (χ3n) is 6.94. The van der Waals surface area contributed by atoms with E-state index in [1.165, 1.54) is 12.1 Å². The van der Waals surface area contributed by atoms with Gasteiger partial charge in [-0.2, -0.15) is 13.2 Å². The molecule has 3 nitrogen and oxygen atoms in total. The monoisotopic (exact) mass is 463 g/mol. The van der Waals surface area contributed by atoms with E-state index in [0.717, 1.165) is 66.8 Å². The zero-order chi connectivity index (χ0) is 24.6. The van der Waals surface area contributed by atoms with Crippen LogP contribution in [0.15, 0.2) is 24.3 Å². The number of benzene rings is 1. The molecule has 182 valence electrons. The third-order valence-corrected chi connectivity index (χ3v) is 6.94. The zero-order valence-corrected chi connectivity index (χ0v) is 20.3. The average Bonchev–Trinajstić information content (AvgIpc) is 3.27. The van der Waals surface area contributed by atoms with E-state index in [1.54, 1.807) is 0 Å². The lowest BCUT2D eigenvalue weighted by Crippen LogP contribution is -2.29. The van der Waals surface area contributed by atoms with Crippen molar-refractivity contribution in [2.45, 2.75) is 97.4 Å². The fourth-order valence-electron chi connectivity index (χ4n) is 5.42. The second-order valence-electron chi connectivity index (χ2n) is 9.96. The summed E-state index contributed by atoms with van der Waals surface area (Å²) in [4.78, 5) is 5.01. The summed E-state index contributed by atoms with van der Waals surface area (Å²) < 4.78 is 38.9. The smallest absolute Gasteiger partial charge is 0.388 e. The number of hydrogen-bond donors (Lipinski definition) is 2. The van der Waals surface area contributed by atoms with Crippen LogP contribution in [0.3, 0.4) is 0 Å². The zero-order valence-electron chi connectivity index (χ0n) is 20.3. The van der Waals surface area contributed by atoms with Gasteiger partial charge in [-0.1, -0.05) is 52.7 Å². The quantitative estimate of drug-likeness (QED) is 0.507. The van der Waals surface area contributed by atoms with Gasteiger partial charge in [-0.15, -0.1) is 0 Å². The van der Waals surface area contributed by atoms with Crippen LogP contribution in [-0.4, -0.2) is 15.2 Å². The maximum absolute atomic E-state index is 13.0. The molecule has 0 aliphatic heterocycles. The molecule has 2 aromatic rings. The highest BCUT2D eigenvalue weighted by Crippen LogP contribution is 2.46. The van der Waals surface area contributed by atoms with Crippen LogP contribution in [0, 0.1) is 12.3 Å². The summed E-state index contributed by atoms with van der Waals surface area (Å²) in [7, 11) is 0. The predicted molar refractivity (Wildman–Crippen MR) is 124 cm³/mol. The van der Waals surface area contributed by atoms with Gasteiger partial charge in [-0.3, -0.25) is 4.98 Å². The highest BCUT2D eigenvalue weighted by molar-refractivity contribution is 5.48. The van der Waals surface area contributed by atoms with Gasteiger partial charge in [0.05, 0.1) is 17.4 Å². The first-order valence-corrected chi connectivity index (χ1v) is 12.0. The van der Waals surface area contributed by atoms with Gasteiger partial charge in [0, 0.05) is 22.7 Å². The van der Waals surface area contributed by atoms with Crippen LogP contribution in [-0.2, 0) is 12.6 Å². The Balaban J connectivity index is 0.00000149. The molecule has 0 amide bonds. The van der Waals surface area contributed by atoms with E-state index in [4.69, 9.17) is 4.98 Å². The summed E-state index contributed by atoms with van der Waals surface area (Å²) in [5.41, 5.74) is 3.61. The molecule has 1 fully saturated rings. The fraction of sp³-hybridized carbons (Fsp3) is 0.593. The topological polar surface area (TPSA) is 53.4 Å². The van der Waals surface area contributed by atoms with Gasteiger partial charge >= 0.3 is 6.18 Å². The SMILES string of the molecule is CC.Cc1c2c(nc(C3CCCC3)c1C(O)c1ccc(C(F)(F)F)cc1)CC(C)(C)CC2O. The average molecular weight is 464 g/mol. The number of rotatable bonds is 3. The molecule has 33 heavy (non-hydrogen) atoms. The molecule has 2 aliphatic rings. The molecule has 0 spiro atoms. The van der Waals surface area contributed by atoms with Crippen LogP contribution in [0.5, 0.6) is 0 Å². The summed E-state index contributed by atoms with van der Waals surface area (Å²) in [5.74, 6) is 0.227. The van der Waals surface area contributed by atoms with Crippen molar-refractivity contribution in [3.63, 3.8) is 0 Å². The van der Waals surface area contributed by atoms with Crippen LogP contribution < -0.4 is 0 Å². The molecule has 2 aliphatic carbocycles. The molecule has 0 bridgehead atoms. The van der Waals surface area contributed by atoms with E-state index in [0.29, 0.717) is 17.5 Å². The number of nitrogens with zero attached hydrogens (tertiary/aromatic N) is 1. The standard InChI is InChI=1S/C25H30F3NO2.C2H6/c1-14-20-18(12-24(2,3)13-19(20)30)29-22(15-6-4-5-7-15)21(14)23(31)16-8-10-17(11-9-16)25(26,27)28;1-2/h8-11,15,19,23,30-31H,4-7,12-13H2,1-3H3;1-2H3. The number of aliphatic hydroxyl groups excluding tert-OH is 2. The Morgan fingerprint density at radius 3 is 2.18 bits per heavy atom. The Hall–Kier alpha value is -1.92. The number of fused-ring (bicyclic) bond motifs is 1. The molecular formula is C27H36F3NO2. The van der Waals surface area contributed by atoms with E-state index >= 15 is 0 Å². The van der Waals surface area contributed by atoms with Crippen molar-refractivity contribution in [1.82, 2.24) is 4.98 Å². The number of aromatic nitrogens is 1. The number of halogens is 3. The van der Waals surface area contributed by atoms with Crippen molar-refractivity contribution in [3.8, 4) is 0 Å². The van der Waals surface area contributed by atoms with Gasteiger partial charge in [0.1, 0.15) is 6.10 Å². The summed E-state index contributed by atoms with van der Waals surface area (Å²) >= 11 is 0. The van der Waals surface area contributed by atoms with Gasteiger partial charge in [0.2, 0.25) is 0 Å². The summed E-state index contributed by atoms with van der Waals surface area (Å²) in [6.45, 7) is 10.1. The van der Waals surface area contributed by atoms with Gasteiger partial charge in [0.15, 0.2) is 0 Å².